The molecule has 1 rings (SSSR count). The lowest BCUT2D eigenvalue weighted by Crippen LogP contribution is -2.51. The number of rotatable bonds is 7. The highest BCUT2D eigenvalue weighted by Crippen LogP contribution is 2.10. The molecule has 0 aliphatic carbocycles. The Kier molecular flexibility index (Phi) is 7.01. The molecule has 0 saturated carbocycles. The van der Waals surface area contributed by atoms with E-state index in [9.17, 15) is 0 Å². The van der Waals surface area contributed by atoms with Crippen molar-refractivity contribution in [2.45, 2.75) is 39.2 Å². The first-order valence-corrected chi connectivity index (χ1v) is 6.91. The molecule has 1 atom stereocenters. The molecule has 1 heterocycles. The number of likely N-dealkylation sites (N-methyl/N-ethyl adjacent to an activating group) is 1. The minimum atomic E-state index is 0.775. The maximum atomic E-state index is 3.47. The first-order chi connectivity index (χ1) is 7.77. The quantitative estimate of drug-likeness (QED) is 0.663. The Morgan fingerprint density at radius 1 is 1.19 bits per heavy atom. The summed E-state index contributed by atoms with van der Waals surface area (Å²) < 4.78 is 0. The number of nitrogens with zero attached hydrogens (tertiary/aromatic N) is 2. The summed E-state index contributed by atoms with van der Waals surface area (Å²) in [5, 5.41) is 3.47. The third-order valence-corrected chi connectivity index (χ3v) is 3.59. The molecule has 1 fully saturated rings. The molecule has 0 bridgehead atoms. The summed E-state index contributed by atoms with van der Waals surface area (Å²) in [5.74, 6) is 0. The van der Waals surface area contributed by atoms with Crippen molar-refractivity contribution in [1.82, 2.24) is 15.1 Å². The van der Waals surface area contributed by atoms with Crippen molar-refractivity contribution < 1.29 is 0 Å². The summed E-state index contributed by atoms with van der Waals surface area (Å²) in [6.07, 6.45) is 3.81. The van der Waals surface area contributed by atoms with Crippen LogP contribution < -0.4 is 5.32 Å². The molecule has 3 heteroatoms. The number of nitrogens with one attached hydrogen (secondary N) is 1. The van der Waals surface area contributed by atoms with Gasteiger partial charge in [0.2, 0.25) is 0 Å². The van der Waals surface area contributed by atoms with E-state index in [4.69, 9.17) is 0 Å². The molecule has 0 aromatic rings. The van der Waals surface area contributed by atoms with Gasteiger partial charge in [-0.15, -0.1) is 0 Å². The van der Waals surface area contributed by atoms with E-state index in [2.05, 4.69) is 36.0 Å². The van der Waals surface area contributed by atoms with Crippen LogP contribution in [0.1, 0.15) is 33.1 Å². The van der Waals surface area contributed by atoms with Gasteiger partial charge in [-0.2, -0.15) is 0 Å². The Balaban J connectivity index is 2.08. The third kappa shape index (κ3) is 4.81. The zero-order valence-corrected chi connectivity index (χ0v) is 11.3. The minimum absolute atomic E-state index is 0.775. The molecular weight excluding hydrogens is 198 g/mol. The predicted octanol–water partition coefficient (Wildman–Crippen LogP) is 1.40. The molecule has 1 aliphatic heterocycles. The fourth-order valence-electron chi connectivity index (χ4n) is 2.38. The van der Waals surface area contributed by atoms with E-state index in [-0.39, 0.29) is 0 Å². The standard InChI is InChI=1S/C13H29N3/c1-4-7-14-8-6-9-16-11-10-15(3)13(5-2)12-16/h13-14H,4-12H2,1-3H3. The van der Waals surface area contributed by atoms with Crippen molar-refractivity contribution in [2.75, 3.05) is 46.3 Å². The first kappa shape index (κ1) is 13.9. The number of piperazine rings is 1. The highest BCUT2D eigenvalue weighted by Gasteiger charge is 2.21. The van der Waals surface area contributed by atoms with Crippen LogP contribution in [-0.2, 0) is 0 Å². The summed E-state index contributed by atoms with van der Waals surface area (Å²) in [7, 11) is 2.26. The van der Waals surface area contributed by atoms with Crippen LogP contribution in [-0.4, -0.2) is 62.2 Å². The summed E-state index contributed by atoms with van der Waals surface area (Å²) in [5.41, 5.74) is 0. The molecule has 1 saturated heterocycles. The Hall–Kier alpha value is -0.120. The molecule has 0 amide bonds. The molecule has 96 valence electrons. The van der Waals surface area contributed by atoms with Crippen molar-refractivity contribution in [3.8, 4) is 0 Å². The van der Waals surface area contributed by atoms with Crippen molar-refractivity contribution in [1.29, 1.82) is 0 Å². The largest absolute Gasteiger partial charge is 0.317 e. The SMILES string of the molecule is CCCNCCCN1CCN(C)C(CC)C1. The van der Waals surface area contributed by atoms with Gasteiger partial charge < -0.3 is 15.1 Å². The van der Waals surface area contributed by atoms with E-state index >= 15 is 0 Å². The molecule has 0 aromatic carbocycles. The second kappa shape index (κ2) is 8.04. The monoisotopic (exact) mass is 227 g/mol. The zero-order valence-electron chi connectivity index (χ0n) is 11.3. The molecule has 16 heavy (non-hydrogen) atoms. The lowest BCUT2D eigenvalue weighted by Gasteiger charge is -2.39. The topological polar surface area (TPSA) is 18.5 Å². The average molecular weight is 227 g/mol. The molecule has 1 N–H and O–H groups in total. The molecule has 1 unspecified atom stereocenters. The minimum Gasteiger partial charge on any atom is -0.317 e. The average Bonchev–Trinajstić information content (AvgIpc) is 2.31. The van der Waals surface area contributed by atoms with Gasteiger partial charge >= 0.3 is 0 Å². The van der Waals surface area contributed by atoms with Crippen LogP contribution in [0.4, 0.5) is 0 Å². The van der Waals surface area contributed by atoms with Gasteiger partial charge in [-0.3, -0.25) is 0 Å². The molecule has 0 radical (unpaired) electrons. The molecule has 3 nitrogen and oxygen atoms in total. The Labute approximate surface area is 101 Å². The first-order valence-electron chi connectivity index (χ1n) is 6.91. The van der Waals surface area contributed by atoms with E-state index in [1.54, 1.807) is 0 Å². The van der Waals surface area contributed by atoms with Crippen LogP contribution in [0.5, 0.6) is 0 Å². The van der Waals surface area contributed by atoms with Gasteiger partial charge in [0, 0.05) is 25.7 Å². The lowest BCUT2D eigenvalue weighted by atomic mass is 10.1. The van der Waals surface area contributed by atoms with Gasteiger partial charge in [-0.05, 0) is 45.9 Å². The Bertz CT molecular complexity index is 173. The van der Waals surface area contributed by atoms with Gasteiger partial charge in [0.05, 0.1) is 0 Å². The van der Waals surface area contributed by atoms with Crippen molar-refractivity contribution in [2.24, 2.45) is 0 Å². The number of hydrogen-bond acceptors (Lipinski definition) is 3. The number of hydrogen-bond donors (Lipinski definition) is 1. The Morgan fingerprint density at radius 2 is 2.00 bits per heavy atom. The highest BCUT2D eigenvalue weighted by molar-refractivity contribution is 4.78. The summed E-state index contributed by atoms with van der Waals surface area (Å²) >= 11 is 0. The van der Waals surface area contributed by atoms with Gasteiger partial charge in [-0.25, -0.2) is 0 Å². The third-order valence-electron chi connectivity index (χ3n) is 3.59. The van der Waals surface area contributed by atoms with Gasteiger partial charge in [-0.1, -0.05) is 13.8 Å². The van der Waals surface area contributed by atoms with E-state index in [1.165, 1.54) is 58.5 Å². The van der Waals surface area contributed by atoms with Crippen LogP contribution in [0.15, 0.2) is 0 Å². The fourth-order valence-corrected chi connectivity index (χ4v) is 2.38. The highest BCUT2D eigenvalue weighted by atomic mass is 15.3. The van der Waals surface area contributed by atoms with Gasteiger partial charge in [0.1, 0.15) is 0 Å². The van der Waals surface area contributed by atoms with Gasteiger partial charge in [0.15, 0.2) is 0 Å². The molecule has 1 aliphatic rings. The normalized spacial score (nSPS) is 23.8. The Morgan fingerprint density at radius 3 is 2.69 bits per heavy atom. The van der Waals surface area contributed by atoms with Crippen molar-refractivity contribution in [3.05, 3.63) is 0 Å². The van der Waals surface area contributed by atoms with E-state index in [0.717, 1.165) is 6.04 Å². The second-order valence-corrected chi connectivity index (χ2v) is 4.95. The predicted molar refractivity (Wildman–Crippen MR) is 70.9 cm³/mol. The van der Waals surface area contributed by atoms with Crippen LogP contribution in [0, 0.1) is 0 Å². The second-order valence-electron chi connectivity index (χ2n) is 4.95. The molecule has 0 aromatic heterocycles. The van der Waals surface area contributed by atoms with E-state index in [0.29, 0.717) is 0 Å². The lowest BCUT2D eigenvalue weighted by molar-refractivity contribution is 0.0925. The van der Waals surface area contributed by atoms with Crippen LogP contribution in [0.3, 0.4) is 0 Å². The van der Waals surface area contributed by atoms with Gasteiger partial charge in [0.25, 0.3) is 0 Å². The van der Waals surface area contributed by atoms with Crippen molar-refractivity contribution in [3.63, 3.8) is 0 Å². The summed E-state index contributed by atoms with van der Waals surface area (Å²) in [6.45, 7) is 11.9. The van der Waals surface area contributed by atoms with Crippen LogP contribution in [0.2, 0.25) is 0 Å². The summed E-state index contributed by atoms with van der Waals surface area (Å²) in [4.78, 5) is 5.13. The van der Waals surface area contributed by atoms with E-state index in [1.807, 2.05) is 0 Å². The maximum Gasteiger partial charge on any atom is 0.0218 e. The van der Waals surface area contributed by atoms with Crippen LogP contribution >= 0.6 is 0 Å². The van der Waals surface area contributed by atoms with E-state index < -0.39 is 0 Å². The molecule has 0 spiro atoms. The maximum absolute atomic E-state index is 3.47. The van der Waals surface area contributed by atoms with Crippen LogP contribution in [0.25, 0.3) is 0 Å². The fraction of sp³-hybridized carbons (Fsp3) is 1.00. The zero-order chi connectivity index (χ0) is 11.8. The molecular formula is C13H29N3. The summed E-state index contributed by atoms with van der Waals surface area (Å²) in [6, 6.07) is 0.775. The smallest absolute Gasteiger partial charge is 0.0218 e. The van der Waals surface area contributed by atoms with Crippen molar-refractivity contribution >= 4 is 0 Å².